The number of rotatable bonds is 6. The molecule has 0 atom stereocenters. The second kappa shape index (κ2) is 9.30. The molecule has 2 aromatic rings. The molecule has 0 spiro atoms. The van der Waals surface area contributed by atoms with E-state index < -0.39 is 0 Å². The topological polar surface area (TPSA) is 101 Å². The molecule has 1 aromatic carbocycles. The molecule has 0 aliphatic carbocycles. The van der Waals surface area contributed by atoms with E-state index in [9.17, 15) is 14.9 Å². The van der Waals surface area contributed by atoms with Crippen LogP contribution >= 0.6 is 11.3 Å². The Morgan fingerprint density at radius 3 is 2.86 bits per heavy atom. The molecule has 1 N–H and O–H groups in total. The third kappa shape index (κ3) is 4.78. The van der Waals surface area contributed by atoms with Crippen LogP contribution in [0, 0.1) is 11.3 Å². The van der Waals surface area contributed by atoms with Crippen molar-refractivity contribution < 1.29 is 23.8 Å². The minimum atomic E-state index is -0.373. The number of nitriles is 1. The highest BCUT2D eigenvalue weighted by Gasteiger charge is 2.28. The van der Waals surface area contributed by atoms with Gasteiger partial charge in [-0.2, -0.15) is 5.26 Å². The second-order valence-corrected chi connectivity index (χ2v) is 7.31. The number of nitrogens with zero attached hydrogens (tertiary/aromatic N) is 2. The summed E-state index contributed by atoms with van der Waals surface area (Å²) < 4.78 is 15.7. The number of hydrogen-bond acceptors (Lipinski definition) is 7. The first-order chi connectivity index (χ1) is 14.0. The molecular weight excluding hydrogens is 394 g/mol. The number of amides is 2. The van der Waals surface area contributed by atoms with E-state index in [0.29, 0.717) is 48.2 Å². The zero-order chi connectivity index (χ0) is 20.8. The molecule has 0 fully saturated rings. The Labute approximate surface area is 172 Å². The van der Waals surface area contributed by atoms with E-state index in [1.54, 1.807) is 43.2 Å². The van der Waals surface area contributed by atoms with Crippen molar-refractivity contribution in [1.29, 1.82) is 5.26 Å². The Bertz CT molecular complexity index is 950. The lowest BCUT2D eigenvalue weighted by Gasteiger charge is -2.25. The number of benzene rings is 1. The van der Waals surface area contributed by atoms with Crippen LogP contribution in [-0.4, -0.2) is 43.8 Å². The fraction of sp³-hybridized carbons (Fsp3) is 0.350. The molecule has 0 saturated carbocycles. The average molecular weight is 415 g/mol. The normalized spacial score (nSPS) is 12.5. The third-order valence-electron chi connectivity index (χ3n) is 4.36. The molecule has 8 nitrogen and oxygen atoms in total. The molecular formula is C20H21N3O5S. The predicted molar refractivity (Wildman–Crippen MR) is 107 cm³/mol. The van der Waals surface area contributed by atoms with Gasteiger partial charge in [-0.1, -0.05) is 6.07 Å². The molecule has 0 bridgehead atoms. The maximum atomic E-state index is 12.3. The lowest BCUT2D eigenvalue weighted by molar-refractivity contribution is -0.118. The van der Waals surface area contributed by atoms with Crippen LogP contribution in [0.3, 0.4) is 0 Å². The molecule has 1 aromatic heterocycles. The Hall–Kier alpha value is -3.25. The lowest BCUT2D eigenvalue weighted by atomic mass is 10.0. The summed E-state index contributed by atoms with van der Waals surface area (Å²) in [5.41, 5.74) is 1.32. The molecule has 2 amide bonds. The van der Waals surface area contributed by atoms with Gasteiger partial charge in [-0.05, 0) is 31.0 Å². The number of ether oxygens (including phenoxy) is 3. The minimum Gasteiger partial charge on any atom is -0.497 e. The predicted octanol–water partition coefficient (Wildman–Crippen LogP) is 3.16. The number of nitrogens with one attached hydrogen (secondary N) is 1. The van der Waals surface area contributed by atoms with Crippen molar-refractivity contribution in [3.05, 3.63) is 40.3 Å². The van der Waals surface area contributed by atoms with Crippen molar-refractivity contribution in [3.8, 4) is 17.6 Å². The van der Waals surface area contributed by atoms with Crippen molar-refractivity contribution in [1.82, 2.24) is 4.90 Å². The third-order valence-corrected chi connectivity index (χ3v) is 5.49. The van der Waals surface area contributed by atoms with Crippen molar-refractivity contribution >= 4 is 28.3 Å². The highest BCUT2D eigenvalue weighted by atomic mass is 32.1. The number of anilines is 1. The molecule has 0 unspecified atom stereocenters. The van der Waals surface area contributed by atoms with Crippen LogP contribution in [0.1, 0.15) is 22.9 Å². The standard InChI is InChI=1S/C20H21N3O5S/c1-3-27-20(25)23-8-7-15-16(10-21)19(29-17(15)11-23)22-18(24)12-28-14-6-4-5-13(9-14)26-2/h4-6,9H,3,7-8,11-12H2,1-2H3,(H,22,24). The summed E-state index contributed by atoms with van der Waals surface area (Å²) in [6.07, 6.45) is 0.173. The number of fused-ring (bicyclic) bond motifs is 1. The van der Waals surface area contributed by atoms with Crippen LogP contribution in [-0.2, 0) is 22.5 Å². The molecule has 9 heteroatoms. The zero-order valence-corrected chi connectivity index (χ0v) is 17.0. The summed E-state index contributed by atoms with van der Waals surface area (Å²) in [6, 6.07) is 9.13. The number of carbonyl (C=O) groups excluding carboxylic acids is 2. The van der Waals surface area contributed by atoms with Crippen molar-refractivity contribution in [3.63, 3.8) is 0 Å². The Morgan fingerprint density at radius 2 is 2.14 bits per heavy atom. The van der Waals surface area contributed by atoms with Gasteiger partial charge in [-0.25, -0.2) is 4.79 Å². The molecule has 3 rings (SSSR count). The maximum Gasteiger partial charge on any atom is 0.410 e. The number of methoxy groups -OCH3 is 1. The summed E-state index contributed by atoms with van der Waals surface area (Å²) in [5.74, 6) is 0.771. The Balaban J connectivity index is 1.66. The van der Waals surface area contributed by atoms with Crippen LogP contribution in [0.2, 0.25) is 0 Å². The van der Waals surface area contributed by atoms with Gasteiger partial charge in [-0.15, -0.1) is 11.3 Å². The van der Waals surface area contributed by atoms with Crippen LogP contribution in [0.25, 0.3) is 0 Å². The summed E-state index contributed by atoms with van der Waals surface area (Å²) in [4.78, 5) is 26.8. The minimum absolute atomic E-state index is 0.199. The van der Waals surface area contributed by atoms with E-state index in [2.05, 4.69) is 11.4 Å². The van der Waals surface area contributed by atoms with Crippen molar-refractivity contribution in [2.24, 2.45) is 0 Å². The van der Waals surface area contributed by atoms with E-state index in [1.165, 1.54) is 11.3 Å². The van der Waals surface area contributed by atoms with Gasteiger partial charge in [-0.3, -0.25) is 4.79 Å². The van der Waals surface area contributed by atoms with Gasteiger partial charge >= 0.3 is 6.09 Å². The molecule has 1 aliphatic heterocycles. The van der Waals surface area contributed by atoms with Gasteiger partial charge in [0.2, 0.25) is 0 Å². The molecule has 0 saturated heterocycles. The highest BCUT2D eigenvalue weighted by molar-refractivity contribution is 7.16. The van der Waals surface area contributed by atoms with Gasteiger partial charge in [0.15, 0.2) is 6.61 Å². The van der Waals surface area contributed by atoms with Gasteiger partial charge < -0.3 is 24.4 Å². The fourth-order valence-electron chi connectivity index (χ4n) is 2.98. The van der Waals surface area contributed by atoms with Gasteiger partial charge in [0.05, 0.1) is 25.8 Å². The van der Waals surface area contributed by atoms with Crippen LogP contribution in [0.15, 0.2) is 24.3 Å². The van der Waals surface area contributed by atoms with Crippen LogP contribution in [0.4, 0.5) is 9.80 Å². The van der Waals surface area contributed by atoms with Crippen molar-refractivity contribution in [2.45, 2.75) is 19.9 Å². The molecule has 0 radical (unpaired) electrons. The zero-order valence-electron chi connectivity index (χ0n) is 16.2. The Morgan fingerprint density at radius 1 is 1.34 bits per heavy atom. The largest absolute Gasteiger partial charge is 0.497 e. The highest BCUT2D eigenvalue weighted by Crippen LogP contribution is 2.36. The second-order valence-electron chi connectivity index (χ2n) is 6.21. The molecule has 1 aliphatic rings. The maximum absolute atomic E-state index is 12.3. The van der Waals surface area contributed by atoms with E-state index in [1.807, 2.05) is 0 Å². The SMILES string of the molecule is CCOC(=O)N1CCc2c(sc(NC(=O)COc3cccc(OC)c3)c2C#N)C1. The smallest absolute Gasteiger partial charge is 0.410 e. The number of hydrogen-bond donors (Lipinski definition) is 1. The summed E-state index contributed by atoms with van der Waals surface area (Å²) in [7, 11) is 1.55. The van der Waals surface area contributed by atoms with Crippen molar-refractivity contribution in [2.75, 3.05) is 32.2 Å². The van der Waals surface area contributed by atoms with E-state index in [4.69, 9.17) is 14.2 Å². The van der Waals surface area contributed by atoms with Gasteiger partial charge in [0.1, 0.15) is 22.6 Å². The first-order valence-corrected chi connectivity index (χ1v) is 9.90. The summed E-state index contributed by atoms with van der Waals surface area (Å²) >= 11 is 1.30. The van der Waals surface area contributed by atoms with E-state index >= 15 is 0 Å². The molecule has 29 heavy (non-hydrogen) atoms. The van der Waals surface area contributed by atoms with Crippen LogP contribution in [0.5, 0.6) is 11.5 Å². The number of carbonyl (C=O) groups is 2. The van der Waals surface area contributed by atoms with Crippen LogP contribution < -0.4 is 14.8 Å². The first kappa shape index (κ1) is 20.5. The summed E-state index contributed by atoms with van der Waals surface area (Å²) in [6.45, 7) is 2.71. The lowest BCUT2D eigenvalue weighted by Crippen LogP contribution is -2.35. The first-order valence-electron chi connectivity index (χ1n) is 9.08. The monoisotopic (exact) mass is 415 g/mol. The fourth-order valence-corrected chi connectivity index (χ4v) is 4.21. The average Bonchev–Trinajstić information content (AvgIpc) is 3.08. The summed E-state index contributed by atoms with van der Waals surface area (Å²) in [5, 5.41) is 12.8. The Kier molecular flexibility index (Phi) is 6.57. The molecule has 152 valence electrons. The number of thiophene rings is 1. The van der Waals surface area contributed by atoms with Gasteiger partial charge in [0.25, 0.3) is 5.91 Å². The molecule has 2 heterocycles. The van der Waals surface area contributed by atoms with E-state index in [-0.39, 0.29) is 18.6 Å². The quantitative estimate of drug-likeness (QED) is 0.778. The van der Waals surface area contributed by atoms with E-state index in [0.717, 1.165) is 10.4 Å². The van der Waals surface area contributed by atoms with Gasteiger partial charge in [0, 0.05) is 17.5 Å².